The smallest absolute Gasteiger partial charge is 0.344 e. The monoisotopic (exact) mass is 667 g/mol. The summed E-state index contributed by atoms with van der Waals surface area (Å²) >= 11 is 9.15. The molecule has 1 aliphatic heterocycles. The number of aliphatic imine (C=N–C) groups is 1. The first-order valence-electron chi connectivity index (χ1n) is 10.1. The van der Waals surface area contributed by atoms with Gasteiger partial charge in [0.1, 0.15) is 0 Å². The molecule has 1 aliphatic rings. The van der Waals surface area contributed by atoms with E-state index in [4.69, 9.17) is 4.74 Å². The third-order valence-electron chi connectivity index (χ3n) is 5.01. The molecule has 0 radical (unpaired) electrons. The zero-order chi connectivity index (χ0) is 22.5. The van der Waals surface area contributed by atoms with Gasteiger partial charge < -0.3 is 15.0 Å². The molecule has 0 unspecified atom stereocenters. The SMILES string of the molecule is O=C(Oc1c(Br)cc(Br)cc1C=Nc1ccc(N2CCNCC2)cc1)c1ccccc1I. The maximum atomic E-state index is 12.8. The number of hydrogen-bond acceptors (Lipinski definition) is 5. The Hall–Kier alpha value is -1.75. The van der Waals surface area contributed by atoms with Crippen LogP contribution in [0.1, 0.15) is 15.9 Å². The Morgan fingerprint density at radius 1 is 1.06 bits per heavy atom. The van der Waals surface area contributed by atoms with Gasteiger partial charge in [-0.2, -0.15) is 0 Å². The summed E-state index contributed by atoms with van der Waals surface area (Å²) in [4.78, 5) is 19.7. The van der Waals surface area contributed by atoms with Gasteiger partial charge in [0.05, 0.1) is 15.7 Å². The van der Waals surface area contributed by atoms with Crippen molar-refractivity contribution in [2.75, 3.05) is 31.1 Å². The number of anilines is 1. The summed E-state index contributed by atoms with van der Waals surface area (Å²) in [6.45, 7) is 4.01. The van der Waals surface area contributed by atoms with Crippen molar-refractivity contribution in [2.24, 2.45) is 4.99 Å². The highest BCUT2D eigenvalue weighted by molar-refractivity contribution is 14.1. The average Bonchev–Trinajstić information content (AvgIpc) is 2.80. The normalized spacial score (nSPS) is 14.0. The first-order chi connectivity index (χ1) is 15.5. The molecule has 0 spiro atoms. The van der Waals surface area contributed by atoms with Gasteiger partial charge in [0.25, 0.3) is 0 Å². The van der Waals surface area contributed by atoms with E-state index in [-0.39, 0.29) is 0 Å². The molecule has 5 nitrogen and oxygen atoms in total. The summed E-state index contributed by atoms with van der Waals surface area (Å²) < 4.78 is 8.13. The van der Waals surface area contributed by atoms with Crippen LogP contribution in [-0.4, -0.2) is 38.4 Å². The fraction of sp³-hybridized carbons (Fsp3) is 0.167. The van der Waals surface area contributed by atoms with E-state index in [1.807, 2.05) is 42.5 Å². The number of hydrogen-bond donors (Lipinski definition) is 1. The van der Waals surface area contributed by atoms with E-state index in [0.29, 0.717) is 21.3 Å². The predicted octanol–water partition coefficient (Wildman–Crippen LogP) is 6.20. The van der Waals surface area contributed by atoms with Crippen molar-refractivity contribution in [1.29, 1.82) is 0 Å². The highest BCUT2D eigenvalue weighted by Crippen LogP contribution is 2.33. The number of nitrogens with zero attached hydrogens (tertiary/aromatic N) is 2. The lowest BCUT2D eigenvalue weighted by molar-refractivity contribution is 0.0732. The number of nitrogens with one attached hydrogen (secondary N) is 1. The summed E-state index contributed by atoms with van der Waals surface area (Å²) in [6, 6.07) is 19.2. The molecule has 1 heterocycles. The molecular weight excluding hydrogens is 649 g/mol. The van der Waals surface area contributed by atoms with Crippen molar-refractivity contribution in [1.82, 2.24) is 5.32 Å². The average molecular weight is 669 g/mol. The summed E-state index contributed by atoms with van der Waals surface area (Å²) in [5.41, 5.74) is 3.24. The number of ether oxygens (including phenoxy) is 1. The highest BCUT2D eigenvalue weighted by atomic mass is 127. The maximum Gasteiger partial charge on any atom is 0.344 e. The molecule has 0 aromatic heterocycles. The van der Waals surface area contributed by atoms with E-state index >= 15 is 0 Å². The Labute approximate surface area is 217 Å². The molecule has 3 aromatic rings. The fourth-order valence-electron chi connectivity index (χ4n) is 3.37. The first-order valence-corrected chi connectivity index (χ1v) is 12.7. The minimum absolute atomic E-state index is 0.409. The molecule has 0 atom stereocenters. The van der Waals surface area contributed by atoms with Crippen molar-refractivity contribution in [3.05, 3.63) is 84.3 Å². The van der Waals surface area contributed by atoms with E-state index in [1.165, 1.54) is 5.69 Å². The second-order valence-corrected chi connectivity index (χ2v) is 10.1. The van der Waals surface area contributed by atoms with Gasteiger partial charge in [0.15, 0.2) is 5.75 Å². The molecule has 1 saturated heterocycles. The first kappa shape index (κ1) is 23.4. The van der Waals surface area contributed by atoms with Crippen molar-refractivity contribution in [2.45, 2.75) is 0 Å². The zero-order valence-corrected chi connectivity index (χ0v) is 22.4. The molecule has 1 N–H and O–H groups in total. The van der Waals surface area contributed by atoms with E-state index < -0.39 is 5.97 Å². The summed E-state index contributed by atoms with van der Waals surface area (Å²) in [6.07, 6.45) is 1.72. The van der Waals surface area contributed by atoms with Gasteiger partial charge in [-0.05, 0) is 87.1 Å². The Bertz CT molecular complexity index is 1150. The van der Waals surface area contributed by atoms with Crippen LogP contribution in [0.15, 0.2) is 74.6 Å². The maximum absolute atomic E-state index is 12.8. The second-order valence-electron chi connectivity index (χ2n) is 7.19. The van der Waals surface area contributed by atoms with E-state index in [0.717, 1.165) is 39.9 Å². The third-order valence-corrected chi connectivity index (χ3v) is 7.00. The van der Waals surface area contributed by atoms with Crippen LogP contribution in [0.4, 0.5) is 11.4 Å². The van der Waals surface area contributed by atoms with Crippen LogP contribution in [-0.2, 0) is 0 Å². The minimum Gasteiger partial charge on any atom is -0.421 e. The van der Waals surface area contributed by atoms with Crippen LogP contribution in [0, 0.1) is 3.57 Å². The molecule has 0 amide bonds. The molecule has 0 saturated carbocycles. The van der Waals surface area contributed by atoms with Gasteiger partial charge >= 0.3 is 5.97 Å². The summed E-state index contributed by atoms with van der Waals surface area (Å²) in [5, 5.41) is 3.37. The molecule has 32 heavy (non-hydrogen) atoms. The van der Waals surface area contributed by atoms with E-state index in [9.17, 15) is 4.79 Å². The van der Waals surface area contributed by atoms with Gasteiger partial charge in [0.2, 0.25) is 0 Å². The molecular formula is C24H20Br2IN3O2. The van der Waals surface area contributed by atoms with Crippen molar-refractivity contribution in [3.63, 3.8) is 0 Å². The van der Waals surface area contributed by atoms with Crippen molar-refractivity contribution >= 4 is 78.0 Å². The third kappa shape index (κ3) is 5.78. The number of piperazine rings is 1. The van der Waals surface area contributed by atoms with Crippen LogP contribution < -0.4 is 15.0 Å². The number of carbonyl (C=O) groups excluding carboxylic acids is 1. The largest absolute Gasteiger partial charge is 0.421 e. The number of carbonyl (C=O) groups is 1. The molecule has 1 fully saturated rings. The van der Waals surface area contributed by atoms with E-state index in [1.54, 1.807) is 12.3 Å². The van der Waals surface area contributed by atoms with Gasteiger partial charge in [-0.25, -0.2) is 4.79 Å². The topological polar surface area (TPSA) is 53.9 Å². The Kier molecular flexibility index (Phi) is 7.98. The molecule has 0 aliphatic carbocycles. The Morgan fingerprint density at radius 3 is 2.50 bits per heavy atom. The Balaban J connectivity index is 1.56. The van der Waals surface area contributed by atoms with Crippen LogP contribution in [0.25, 0.3) is 0 Å². The van der Waals surface area contributed by atoms with Crippen LogP contribution in [0.5, 0.6) is 5.75 Å². The van der Waals surface area contributed by atoms with Gasteiger partial charge in [-0.3, -0.25) is 4.99 Å². The molecule has 4 rings (SSSR count). The highest BCUT2D eigenvalue weighted by Gasteiger charge is 2.17. The fourth-order valence-corrected chi connectivity index (χ4v) is 5.32. The minimum atomic E-state index is -0.409. The molecule has 8 heteroatoms. The molecule has 164 valence electrons. The van der Waals surface area contributed by atoms with Crippen molar-refractivity contribution in [3.8, 4) is 5.75 Å². The standard InChI is InChI=1S/C24H20Br2IN3O2/c25-17-13-16(15-29-18-5-7-19(8-6-18)30-11-9-28-10-12-30)23(21(26)14-17)32-24(31)20-3-1-2-4-22(20)27/h1-8,13-15,28H,9-12H2. The lowest BCUT2D eigenvalue weighted by atomic mass is 10.2. The summed E-state index contributed by atoms with van der Waals surface area (Å²) in [7, 11) is 0. The molecule has 3 aromatic carbocycles. The van der Waals surface area contributed by atoms with Crippen LogP contribution >= 0.6 is 54.5 Å². The van der Waals surface area contributed by atoms with E-state index in [2.05, 4.69) is 81.8 Å². The second kappa shape index (κ2) is 10.9. The summed E-state index contributed by atoms with van der Waals surface area (Å²) in [5.74, 6) is 0.0205. The lowest BCUT2D eigenvalue weighted by Gasteiger charge is -2.29. The van der Waals surface area contributed by atoms with Gasteiger partial charge in [-0.15, -0.1) is 0 Å². The van der Waals surface area contributed by atoms with Gasteiger partial charge in [0, 0.05) is 51.7 Å². The van der Waals surface area contributed by atoms with Crippen LogP contribution in [0.2, 0.25) is 0 Å². The number of benzene rings is 3. The van der Waals surface area contributed by atoms with Crippen molar-refractivity contribution < 1.29 is 9.53 Å². The predicted molar refractivity (Wildman–Crippen MR) is 145 cm³/mol. The Morgan fingerprint density at radius 2 is 1.78 bits per heavy atom. The quantitative estimate of drug-likeness (QED) is 0.152. The van der Waals surface area contributed by atoms with Gasteiger partial charge in [-0.1, -0.05) is 28.1 Å². The van der Waals surface area contributed by atoms with Crippen LogP contribution in [0.3, 0.4) is 0 Å². The zero-order valence-electron chi connectivity index (χ0n) is 17.0. The number of rotatable bonds is 5. The number of halogens is 3. The molecule has 0 bridgehead atoms. The lowest BCUT2D eigenvalue weighted by Crippen LogP contribution is -2.43. The number of esters is 1.